The Hall–Kier alpha value is -2.41. The maximum atomic E-state index is 12.0. The van der Waals surface area contributed by atoms with Crippen molar-refractivity contribution in [3.05, 3.63) is 29.3 Å². The summed E-state index contributed by atoms with van der Waals surface area (Å²) in [6.07, 6.45) is 0.290. The molecule has 0 fully saturated rings. The molecular formula is C13H14N2O5. The Balaban J connectivity index is 2.12. The van der Waals surface area contributed by atoms with Gasteiger partial charge in [-0.05, 0) is 17.7 Å². The van der Waals surface area contributed by atoms with Crippen LogP contribution in [0.5, 0.6) is 0 Å². The van der Waals surface area contributed by atoms with E-state index in [-0.39, 0.29) is 18.1 Å². The summed E-state index contributed by atoms with van der Waals surface area (Å²) in [6.45, 7) is -0.122. The molecule has 0 spiro atoms. The summed E-state index contributed by atoms with van der Waals surface area (Å²) < 4.78 is 4.74. The molecule has 1 aliphatic rings. The summed E-state index contributed by atoms with van der Waals surface area (Å²) in [7, 11) is 1.35. The predicted molar refractivity (Wildman–Crippen MR) is 69.5 cm³/mol. The zero-order valence-corrected chi connectivity index (χ0v) is 10.8. The van der Waals surface area contributed by atoms with Crippen LogP contribution in [0.3, 0.4) is 0 Å². The standard InChI is InChI=1S/C13H14N2O5/c1-20-6-10(13(18)19)15-12(17)8-3-2-7-5-11(16)14-9(7)4-8/h2-4,10H,5-6H2,1H3,(H,14,16)(H,15,17)(H,18,19). The summed E-state index contributed by atoms with van der Waals surface area (Å²) in [6, 6.07) is 3.64. The van der Waals surface area contributed by atoms with Gasteiger partial charge in [0.1, 0.15) is 0 Å². The highest BCUT2D eigenvalue weighted by Gasteiger charge is 2.23. The third-order valence-corrected chi connectivity index (χ3v) is 2.93. The first-order valence-electron chi connectivity index (χ1n) is 5.96. The van der Waals surface area contributed by atoms with Gasteiger partial charge >= 0.3 is 5.97 Å². The second kappa shape index (κ2) is 5.70. The topological polar surface area (TPSA) is 105 Å². The number of hydrogen-bond donors (Lipinski definition) is 3. The number of carbonyl (C=O) groups excluding carboxylic acids is 2. The van der Waals surface area contributed by atoms with Gasteiger partial charge in [0.05, 0.1) is 13.0 Å². The number of rotatable bonds is 5. The molecule has 1 aromatic carbocycles. The average Bonchev–Trinajstić information content (AvgIpc) is 2.76. The number of carboxylic acids is 1. The van der Waals surface area contributed by atoms with Crippen molar-refractivity contribution in [3.63, 3.8) is 0 Å². The first-order chi connectivity index (χ1) is 9.51. The molecule has 106 valence electrons. The second-order valence-electron chi connectivity index (χ2n) is 4.42. The van der Waals surface area contributed by atoms with Crippen LogP contribution in [-0.2, 0) is 20.7 Å². The zero-order chi connectivity index (χ0) is 14.7. The number of amides is 2. The van der Waals surface area contributed by atoms with Crippen molar-refractivity contribution in [1.82, 2.24) is 5.32 Å². The van der Waals surface area contributed by atoms with E-state index in [9.17, 15) is 14.4 Å². The van der Waals surface area contributed by atoms with Crippen LogP contribution in [0.25, 0.3) is 0 Å². The minimum Gasteiger partial charge on any atom is -0.480 e. The van der Waals surface area contributed by atoms with Crippen LogP contribution in [0, 0.1) is 0 Å². The lowest BCUT2D eigenvalue weighted by molar-refractivity contribution is -0.140. The van der Waals surface area contributed by atoms with Gasteiger partial charge in [-0.25, -0.2) is 4.79 Å². The third kappa shape index (κ3) is 2.94. The fourth-order valence-corrected chi connectivity index (χ4v) is 1.94. The van der Waals surface area contributed by atoms with Crippen molar-refractivity contribution in [2.24, 2.45) is 0 Å². The smallest absolute Gasteiger partial charge is 0.328 e. The molecule has 0 saturated carbocycles. The van der Waals surface area contributed by atoms with Gasteiger partial charge in [0.2, 0.25) is 5.91 Å². The zero-order valence-electron chi connectivity index (χ0n) is 10.8. The molecular weight excluding hydrogens is 264 g/mol. The second-order valence-corrected chi connectivity index (χ2v) is 4.42. The van der Waals surface area contributed by atoms with Crippen LogP contribution < -0.4 is 10.6 Å². The largest absolute Gasteiger partial charge is 0.480 e. The quantitative estimate of drug-likeness (QED) is 0.703. The normalized spacial score (nSPS) is 14.3. The van der Waals surface area contributed by atoms with Gasteiger partial charge in [0.15, 0.2) is 6.04 Å². The Morgan fingerprint density at radius 1 is 1.50 bits per heavy atom. The van der Waals surface area contributed by atoms with Crippen LogP contribution in [0.1, 0.15) is 15.9 Å². The molecule has 2 amide bonds. The van der Waals surface area contributed by atoms with Gasteiger partial charge in [-0.15, -0.1) is 0 Å². The molecule has 1 aliphatic heterocycles. The fraction of sp³-hybridized carbons (Fsp3) is 0.308. The van der Waals surface area contributed by atoms with Crippen molar-refractivity contribution in [2.75, 3.05) is 19.0 Å². The predicted octanol–water partition coefficient (Wildman–Crippen LogP) is 0.0106. The third-order valence-electron chi connectivity index (χ3n) is 2.93. The highest BCUT2D eigenvalue weighted by atomic mass is 16.5. The monoisotopic (exact) mass is 278 g/mol. The first-order valence-corrected chi connectivity index (χ1v) is 5.96. The van der Waals surface area contributed by atoms with Gasteiger partial charge in [0.25, 0.3) is 5.91 Å². The lowest BCUT2D eigenvalue weighted by atomic mass is 10.1. The number of fused-ring (bicyclic) bond motifs is 1. The Bertz CT molecular complexity index is 570. The number of carboxylic acid groups (broad SMARTS) is 1. The van der Waals surface area contributed by atoms with E-state index in [0.29, 0.717) is 12.1 Å². The highest BCUT2D eigenvalue weighted by Crippen LogP contribution is 2.23. The van der Waals surface area contributed by atoms with Crippen LogP contribution in [-0.4, -0.2) is 42.6 Å². The van der Waals surface area contributed by atoms with Gasteiger partial charge < -0.3 is 20.5 Å². The summed E-state index contributed by atoms with van der Waals surface area (Å²) in [5.74, 6) is -1.83. The number of methoxy groups -OCH3 is 1. The van der Waals surface area contributed by atoms with Crippen LogP contribution >= 0.6 is 0 Å². The molecule has 20 heavy (non-hydrogen) atoms. The Morgan fingerprint density at radius 3 is 2.90 bits per heavy atom. The van der Waals surface area contributed by atoms with E-state index in [1.807, 2.05) is 0 Å². The van der Waals surface area contributed by atoms with Gasteiger partial charge in [-0.3, -0.25) is 9.59 Å². The minimum absolute atomic E-state index is 0.122. The Kier molecular flexibility index (Phi) is 3.99. The number of carbonyl (C=O) groups is 3. The van der Waals surface area contributed by atoms with Crippen LogP contribution in [0.2, 0.25) is 0 Å². The molecule has 0 bridgehead atoms. The van der Waals surface area contributed by atoms with E-state index < -0.39 is 17.9 Å². The fourth-order valence-electron chi connectivity index (χ4n) is 1.94. The molecule has 7 heteroatoms. The molecule has 7 nitrogen and oxygen atoms in total. The summed E-state index contributed by atoms with van der Waals surface area (Å²) in [5.41, 5.74) is 1.69. The number of benzene rings is 1. The van der Waals surface area contributed by atoms with E-state index in [1.165, 1.54) is 13.2 Å². The minimum atomic E-state index is -1.17. The summed E-state index contributed by atoms with van der Waals surface area (Å²) in [4.78, 5) is 34.1. The van der Waals surface area contributed by atoms with E-state index in [1.54, 1.807) is 12.1 Å². The number of hydrogen-bond acceptors (Lipinski definition) is 4. The molecule has 0 aliphatic carbocycles. The lowest BCUT2D eigenvalue weighted by Crippen LogP contribution is -2.43. The Labute approximate surface area is 114 Å². The maximum Gasteiger partial charge on any atom is 0.328 e. The van der Waals surface area contributed by atoms with Crippen molar-refractivity contribution in [3.8, 4) is 0 Å². The molecule has 0 aromatic heterocycles. The van der Waals surface area contributed by atoms with Gasteiger partial charge in [0, 0.05) is 18.4 Å². The van der Waals surface area contributed by atoms with E-state index in [4.69, 9.17) is 9.84 Å². The molecule has 1 heterocycles. The molecule has 0 radical (unpaired) electrons. The highest BCUT2D eigenvalue weighted by molar-refractivity contribution is 6.02. The van der Waals surface area contributed by atoms with Crippen molar-refractivity contribution in [1.29, 1.82) is 0 Å². The maximum absolute atomic E-state index is 12.0. The SMILES string of the molecule is COCC(NC(=O)c1ccc2c(c1)NC(=O)C2)C(=O)O. The molecule has 1 aromatic rings. The van der Waals surface area contributed by atoms with Gasteiger partial charge in [-0.2, -0.15) is 0 Å². The van der Waals surface area contributed by atoms with E-state index >= 15 is 0 Å². The number of anilines is 1. The van der Waals surface area contributed by atoms with E-state index in [2.05, 4.69) is 10.6 Å². The Morgan fingerprint density at radius 2 is 2.25 bits per heavy atom. The molecule has 0 saturated heterocycles. The number of nitrogens with one attached hydrogen (secondary N) is 2. The lowest BCUT2D eigenvalue weighted by Gasteiger charge is -2.13. The average molecular weight is 278 g/mol. The van der Waals surface area contributed by atoms with E-state index in [0.717, 1.165) is 5.56 Å². The number of aliphatic carboxylic acids is 1. The molecule has 1 atom stereocenters. The summed E-state index contributed by atoms with van der Waals surface area (Å²) in [5, 5.41) is 13.9. The van der Waals surface area contributed by atoms with Crippen LogP contribution in [0.4, 0.5) is 5.69 Å². The van der Waals surface area contributed by atoms with Crippen molar-refractivity contribution >= 4 is 23.5 Å². The van der Waals surface area contributed by atoms with Crippen molar-refractivity contribution in [2.45, 2.75) is 12.5 Å². The first kappa shape index (κ1) is 14.0. The van der Waals surface area contributed by atoms with Gasteiger partial charge in [-0.1, -0.05) is 6.07 Å². The summed E-state index contributed by atoms with van der Waals surface area (Å²) >= 11 is 0. The van der Waals surface area contributed by atoms with Crippen LogP contribution in [0.15, 0.2) is 18.2 Å². The molecule has 1 unspecified atom stereocenters. The molecule has 3 N–H and O–H groups in total. The number of ether oxygens (including phenoxy) is 1. The van der Waals surface area contributed by atoms with Crippen molar-refractivity contribution < 1.29 is 24.2 Å². The molecule has 2 rings (SSSR count).